The number of halogens is 1. The van der Waals surface area contributed by atoms with Crippen molar-refractivity contribution in [2.45, 2.75) is 57.1 Å². The predicted octanol–water partition coefficient (Wildman–Crippen LogP) is 3.96. The van der Waals surface area contributed by atoms with Gasteiger partial charge in [-0.05, 0) is 69.7 Å². The van der Waals surface area contributed by atoms with E-state index in [9.17, 15) is 9.18 Å². The van der Waals surface area contributed by atoms with Gasteiger partial charge in [0.15, 0.2) is 0 Å². The third-order valence-corrected chi connectivity index (χ3v) is 7.11. The molecule has 172 valence electrons. The van der Waals surface area contributed by atoms with Crippen molar-refractivity contribution >= 4 is 5.91 Å². The first-order valence-corrected chi connectivity index (χ1v) is 12.1. The Bertz CT molecular complexity index is 914. The number of nitrogens with one attached hydrogen (secondary N) is 1. The zero-order valence-corrected chi connectivity index (χ0v) is 18.6. The number of carbonyl (C=O) groups is 1. The lowest BCUT2D eigenvalue weighted by atomic mass is 9.95. The van der Waals surface area contributed by atoms with Gasteiger partial charge in [0.25, 0.3) is 5.91 Å². The first-order valence-electron chi connectivity index (χ1n) is 12.1. The fourth-order valence-corrected chi connectivity index (χ4v) is 4.99. The van der Waals surface area contributed by atoms with E-state index in [0.717, 1.165) is 63.2 Å². The van der Waals surface area contributed by atoms with Crippen molar-refractivity contribution in [3.8, 4) is 0 Å². The average Bonchev–Trinajstić information content (AvgIpc) is 3.31. The molecular weight excluding hydrogens is 407 g/mol. The summed E-state index contributed by atoms with van der Waals surface area (Å²) >= 11 is 0. The minimum absolute atomic E-state index is 0.0115. The van der Waals surface area contributed by atoms with E-state index in [-0.39, 0.29) is 17.8 Å². The summed E-state index contributed by atoms with van der Waals surface area (Å²) in [5, 5.41) is 7.40. The van der Waals surface area contributed by atoms with Gasteiger partial charge in [-0.1, -0.05) is 18.2 Å². The van der Waals surface area contributed by atoms with E-state index in [0.29, 0.717) is 30.6 Å². The maximum Gasteiger partial charge on any atom is 0.274 e. The van der Waals surface area contributed by atoms with Gasteiger partial charge in [-0.2, -0.15) is 5.10 Å². The molecule has 0 radical (unpaired) electrons. The summed E-state index contributed by atoms with van der Waals surface area (Å²) in [5.74, 6) is 0.874. The lowest BCUT2D eigenvalue weighted by Gasteiger charge is -2.35. The Morgan fingerprint density at radius 2 is 1.97 bits per heavy atom. The van der Waals surface area contributed by atoms with Crippen LogP contribution in [-0.4, -0.2) is 64.8 Å². The largest absolute Gasteiger partial charge is 0.376 e. The minimum atomic E-state index is -0.132. The van der Waals surface area contributed by atoms with Crippen molar-refractivity contribution in [3.05, 3.63) is 53.1 Å². The number of amides is 1. The van der Waals surface area contributed by atoms with Crippen molar-refractivity contribution in [3.63, 3.8) is 0 Å². The fraction of sp³-hybridized carbons (Fsp3) is 0.600. The normalized spacial score (nSPS) is 22.3. The first kappa shape index (κ1) is 21.6. The van der Waals surface area contributed by atoms with Crippen molar-refractivity contribution in [1.82, 2.24) is 20.0 Å². The van der Waals surface area contributed by atoms with Gasteiger partial charge < -0.3 is 9.64 Å². The molecule has 1 atom stereocenters. The Balaban J connectivity index is 1.19. The summed E-state index contributed by atoms with van der Waals surface area (Å²) in [4.78, 5) is 17.6. The number of ether oxygens (including phenoxy) is 1. The molecule has 3 fully saturated rings. The molecule has 1 saturated carbocycles. The van der Waals surface area contributed by atoms with Crippen LogP contribution in [-0.2, 0) is 11.3 Å². The van der Waals surface area contributed by atoms with Gasteiger partial charge in [-0.3, -0.25) is 14.8 Å². The number of nitrogens with zero attached hydrogens (tertiary/aromatic N) is 3. The molecule has 7 heteroatoms. The van der Waals surface area contributed by atoms with Gasteiger partial charge in [0.1, 0.15) is 11.5 Å². The molecule has 3 heterocycles. The zero-order valence-electron chi connectivity index (χ0n) is 18.6. The summed E-state index contributed by atoms with van der Waals surface area (Å²) in [6, 6.07) is 8.96. The molecule has 1 aromatic carbocycles. The van der Waals surface area contributed by atoms with Crippen LogP contribution in [0.15, 0.2) is 30.3 Å². The van der Waals surface area contributed by atoms with E-state index in [2.05, 4.69) is 15.1 Å². The lowest BCUT2D eigenvalue weighted by Crippen LogP contribution is -2.43. The Morgan fingerprint density at radius 3 is 2.69 bits per heavy atom. The number of likely N-dealkylation sites (tertiary alicyclic amines) is 1. The van der Waals surface area contributed by atoms with Crippen LogP contribution in [0.3, 0.4) is 0 Å². The maximum atomic E-state index is 14.0. The average molecular weight is 441 g/mol. The molecule has 32 heavy (non-hydrogen) atoms. The number of H-pyrrole nitrogens is 1. The summed E-state index contributed by atoms with van der Waals surface area (Å²) in [6.07, 6.45) is 6.59. The Labute approximate surface area is 189 Å². The number of rotatable bonds is 8. The molecule has 1 aliphatic carbocycles. The van der Waals surface area contributed by atoms with Gasteiger partial charge in [0.05, 0.1) is 6.10 Å². The van der Waals surface area contributed by atoms with Gasteiger partial charge in [-0.25, -0.2) is 4.39 Å². The van der Waals surface area contributed by atoms with Crippen LogP contribution in [0, 0.1) is 11.7 Å². The number of aromatic nitrogens is 2. The maximum absolute atomic E-state index is 14.0. The lowest BCUT2D eigenvalue weighted by molar-refractivity contribution is 0.0440. The van der Waals surface area contributed by atoms with Gasteiger partial charge in [0.2, 0.25) is 0 Å². The molecule has 2 aromatic rings. The van der Waals surface area contributed by atoms with Crippen LogP contribution >= 0.6 is 0 Å². The fourth-order valence-electron chi connectivity index (χ4n) is 4.99. The number of hydrogen-bond donors (Lipinski definition) is 1. The smallest absolute Gasteiger partial charge is 0.274 e. The molecule has 1 N–H and O–H groups in total. The summed E-state index contributed by atoms with van der Waals surface area (Å²) in [6.45, 7) is 4.66. The van der Waals surface area contributed by atoms with E-state index in [1.54, 1.807) is 6.07 Å². The molecule has 2 aliphatic heterocycles. The molecule has 3 aliphatic rings. The van der Waals surface area contributed by atoms with Crippen molar-refractivity contribution in [1.29, 1.82) is 0 Å². The van der Waals surface area contributed by atoms with E-state index in [1.165, 1.54) is 18.9 Å². The third kappa shape index (κ3) is 5.21. The van der Waals surface area contributed by atoms with Crippen LogP contribution in [0.2, 0.25) is 0 Å². The van der Waals surface area contributed by atoms with Gasteiger partial charge >= 0.3 is 0 Å². The highest BCUT2D eigenvalue weighted by molar-refractivity contribution is 5.92. The molecule has 0 bridgehead atoms. The zero-order chi connectivity index (χ0) is 21.9. The van der Waals surface area contributed by atoms with Crippen molar-refractivity contribution < 1.29 is 13.9 Å². The van der Waals surface area contributed by atoms with Gasteiger partial charge in [0, 0.05) is 43.4 Å². The monoisotopic (exact) mass is 440 g/mol. The molecule has 1 aromatic heterocycles. The standard InChI is InChI=1S/C25H33FN4O2/c26-22-6-2-1-4-20(22)16-29-11-9-18(10-12-29)15-30(17-21-5-3-13-32-21)25(31)24-14-23(27-28-24)19-7-8-19/h1-2,4,6,14,18-19,21H,3,5,7-13,15-17H2,(H,27,28)/t21-/m1/s1. The predicted molar refractivity (Wildman–Crippen MR) is 120 cm³/mol. The molecule has 0 spiro atoms. The molecule has 1 amide bonds. The second-order valence-corrected chi connectivity index (χ2v) is 9.64. The quantitative estimate of drug-likeness (QED) is 0.675. The van der Waals surface area contributed by atoms with E-state index in [1.807, 2.05) is 23.1 Å². The first-order chi connectivity index (χ1) is 15.7. The summed E-state index contributed by atoms with van der Waals surface area (Å²) in [5.41, 5.74) is 2.37. The van der Waals surface area contributed by atoms with Crippen molar-refractivity contribution in [2.24, 2.45) is 5.92 Å². The summed E-state index contributed by atoms with van der Waals surface area (Å²) in [7, 11) is 0. The second kappa shape index (κ2) is 9.71. The highest BCUT2D eigenvalue weighted by Gasteiger charge is 2.31. The molecular formula is C25H33FN4O2. The molecule has 2 saturated heterocycles. The highest BCUT2D eigenvalue weighted by Crippen LogP contribution is 2.39. The Kier molecular flexibility index (Phi) is 6.55. The Morgan fingerprint density at radius 1 is 1.16 bits per heavy atom. The van der Waals surface area contributed by atoms with Crippen LogP contribution in [0.5, 0.6) is 0 Å². The third-order valence-electron chi connectivity index (χ3n) is 7.11. The molecule has 5 rings (SSSR count). The number of aromatic amines is 1. The van der Waals surface area contributed by atoms with Crippen LogP contribution < -0.4 is 0 Å². The number of piperidine rings is 1. The topological polar surface area (TPSA) is 61.5 Å². The molecule has 0 unspecified atom stereocenters. The van der Waals surface area contributed by atoms with E-state index >= 15 is 0 Å². The Hall–Kier alpha value is -2.25. The summed E-state index contributed by atoms with van der Waals surface area (Å²) < 4.78 is 19.8. The number of carbonyl (C=O) groups excluding carboxylic acids is 1. The van der Waals surface area contributed by atoms with E-state index in [4.69, 9.17) is 4.74 Å². The van der Waals surface area contributed by atoms with Crippen LogP contribution in [0.4, 0.5) is 4.39 Å². The van der Waals surface area contributed by atoms with Crippen LogP contribution in [0.25, 0.3) is 0 Å². The minimum Gasteiger partial charge on any atom is -0.376 e. The van der Waals surface area contributed by atoms with Crippen LogP contribution in [0.1, 0.15) is 66.2 Å². The second-order valence-electron chi connectivity index (χ2n) is 9.64. The molecule has 6 nitrogen and oxygen atoms in total. The number of hydrogen-bond acceptors (Lipinski definition) is 4. The highest BCUT2D eigenvalue weighted by atomic mass is 19.1. The van der Waals surface area contributed by atoms with E-state index < -0.39 is 0 Å². The SMILES string of the molecule is O=C(c1cc(C2CC2)[nH]n1)N(CC1CCN(Cc2ccccc2F)CC1)C[C@H]1CCCO1. The van der Waals surface area contributed by atoms with Crippen molar-refractivity contribution in [2.75, 3.05) is 32.8 Å². The van der Waals surface area contributed by atoms with Gasteiger partial charge in [-0.15, -0.1) is 0 Å². The number of benzene rings is 1.